The second-order valence-corrected chi connectivity index (χ2v) is 5.90. The van der Waals surface area contributed by atoms with E-state index in [9.17, 15) is 0 Å². The minimum atomic E-state index is 0.634. The number of fused-ring (bicyclic) bond motifs is 1. The zero-order valence-electron chi connectivity index (χ0n) is 10.1. The highest BCUT2D eigenvalue weighted by Crippen LogP contribution is 2.31. The lowest BCUT2D eigenvalue weighted by Crippen LogP contribution is -1.96. The molecule has 5 heteroatoms. The molecular formula is C14H10BrClN2S. The van der Waals surface area contributed by atoms with Gasteiger partial charge < -0.3 is 4.98 Å². The van der Waals surface area contributed by atoms with E-state index in [1.807, 2.05) is 47.9 Å². The van der Waals surface area contributed by atoms with Gasteiger partial charge in [-0.25, -0.2) is 0 Å². The van der Waals surface area contributed by atoms with Crippen LogP contribution < -0.4 is 0 Å². The lowest BCUT2D eigenvalue weighted by Gasteiger charge is -2.10. The molecule has 3 rings (SSSR count). The van der Waals surface area contributed by atoms with E-state index >= 15 is 0 Å². The number of H-pyrrole nitrogens is 1. The van der Waals surface area contributed by atoms with E-state index in [1.165, 1.54) is 0 Å². The van der Waals surface area contributed by atoms with Gasteiger partial charge in [-0.15, -0.1) is 0 Å². The van der Waals surface area contributed by atoms with Crippen LogP contribution in [-0.2, 0) is 0 Å². The zero-order valence-corrected chi connectivity index (χ0v) is 13.2. The normalized spacial score (nSPS) is 11.1. The van der Waals surface area contributed by atoms with Gasteiger partial charge in [0.05, 0.1) is 21.7 Å². The molecule has 2 nitrogen and oxygen atoms in total. The molecule has 1 aromatic heterocycles. The maximum absolute atomic E-state index is 6.32. The predicted octanol–water partition coefficient (Wildman–Crippen LogP) is 5.41. The Labute approximate surface area is 129 Å². The van der Waals surface area contributed by atoms with Gasteiger partial charge in [-0.1, -0.05) is 29.8 Å². The molecule has 0 amide bonds. The molecule has 0 bridgehead atoms. The highest BCUT2D eigenvalue weighted by Gasteiger charge is 2.12. The van der Waals surface area contributed by atoms with Gasteiger partial charge in [0.15, 0.2) is 4.77 Å². The minimum absolute atomic E-state index is 0.634. The number of hydrogen-bond donors (Lipinski definition) is 1. The van der Waals surface area contributed by atoms with Crippen molar-refractivity contribution >= 4 is 50.8 Å². The number of rotatable bonds is 1. The van der Waals surface area contributed by atoms with Gasteiger partial charge in [0.1, 0.15) is 0 Å². The number of imidazole rings is 1. The lowest BCUT2D eigenvalue weighted by atomic mass is 10.2. The second kappa shape index (κ2) is 4.78. The Morgan fingerprint density at radius 3 is 2.74 bits per heavy atom. The van der Waals surface area contributed by atoms with Crippen LogP contribution in [0.2, 0.25) is 5.02 Å². The first-order valence-corrected chi connectivity index (χ1v) is 7.32. The molecule has 0 atom stereocenters. The van der Waals surface area contributed by atoms with Crippen molar-refractivity contribution in [2.45, 2.75) is 6.92 Å². The Kier molecular flexibility index (Phi) is 3.25. The van der Waals surface area contributed by atoms with Gasteiger partial charge in [0.2, 0.25) is 0 Å². The molecule has 2 aromatic carbocycles. The summed E-state index contributed by atoms with van der Waals surface area (Å²) in [5, 5.41) is 0.679. The SMILES string of the molecule is Cc1cccc(-n2c(=S)[nH]c3cccc(Cl)c32)c1Br. The third-order valence-electron chi connectivity index (χ3n) is 3.07. The summed E-state index contributed by atoms with van der Waals surface area (Å²) in [5.41, 5.74) is 3.98. The highest BCUT2D eigenvalue weighted by atomic mass is 79.9. The number of aromatic amines is 1. The quantitative estimate of drug-likeness (QED) is 0.580. The Balaban J connectivity index is 2.46. The van der Waals surface area contributed by atoms with Crippen LogP contribution in [0.25, 0.3) is 16.7 Å². The first-order valence-electron chi connectivity index (χ1n) is 5.74. The molecule has 0 saturated carbocycles. The monoisotopic (exact) mass is 352 g/mol. The zero-order chi connectivity index (χ0) is 13.6. The summed E-state index contributed by atoms with van der Waals surface area (Å²) < 4.78 is 3.62. The Morgan fingerprint density at radius 2 is 1.95 bits per heavy atom. The van der Waals surface area contributed by atoms with Gasteiger partial charge in [-0.05, 0) is 58.8 Å². The highest BCUT2D eigenvalue weighted by molar-refractivity contribution is 9.10. The van der Waals surface area contributed by atoms with E-state index in [4.69, 9.17) is 23.8 Å². The average molecular weight is 354 g/mol. The average Bonchev–Trinajstić information content (AvgIpc) is 2.71. The van der Waals surface area contributed by atoms with Crippen molar-refractivity contribution in [2.75, 3.05) is 0 Å². The molecule has 0 aliphatic carbocycles. The number of aryl methyl sites for hydroxylation is 1. The van der Waals surface area contributed by atoms with Crippen LogP contribution in [-0.4, -0.2) is 9.55 Å². The van der Waals surface area contributed by atoms with E-state index in [1.54, 1.807) is 0 Å². The van der Waals surface area contributed by atoms with Crippen LogP contribution in [0, 0.1) is 11.7 Å². The summed E-state index contributed by atoms with van der Waals surface area (Å²) in [6, 6.07) is 11.8. The summed E-state index contributed by atoms with van der Waals surface area (Å²) in [5.74, 6) is 0. The number of nitrogens with one attached hydrogen (secondary N) is 1. The van der Waals surface area contributed by atoms with Crippen LogP contribution >= 0.6 is 39.7 Å². The summed E-state index contributed by atoms with van der Waals surface area (Å²) in [7, 11) is 0. The molecule has 1 N–H and O–H groups in total. The number of nitrogens with zero attached hydrogens (tertiary/aromatic N) is 1. The van der Waals surface area contributed by atoms with Gasteiger partial charge in [-0.3, -0.25) is 4.57 Å². The third kappa shape index (κ3) is 2.04. The van der Waals surface area contributed by atoms with E-state index < -0.39 is 0 Å². The van der Waals surface area contributed by atoms with E-state index in [0.29, 0.717) is 9.79 Å². The fraction of sp³-hybridized carbons (Fsp3) is 0.0714. The molecule has 0 spiro atoms. The molecule has 0 aliphatic rings. The van der Waals surface area contributed by atoms with Crippen LogP contribution in [0.3, 0.4) is 0 Å². The van der Waals surface area contributed by atoms with Crippen molar-refractivity contribution in [1.82, 2.24) is 9.55 Å². The minimum Gasteiger partial charge on any atom is -0.330 e. The van der Waals surface area contributed by atoms with E-state index in [-0.39, 0.29) is 0 Å². The number of para-hydroxylation sites is 1. The van der Waals surface area contributed by atoms with Gasteiger partial charge in [-0.2, -0.15) is 0 Å². The molecule has 0 fully saturated rings. The van der Waals surface area contributed by atoms with Crippen molar-refractivity contribution in [1.29, 1.82) is 0 Å². The Morgan fingerprint density at radius 1 is 1.21 bits per heavy atom. The molecule has 3 aromatic rings. The van der Waals surface area contributed by atoms with Gasteiger partial charge in [0, 0.05) is 4.47 Å². The molecule has 0 saturated heterocycles. The number of halogens is 2. The molecule has 96 valence electrons. The van der Waals surface area contributed by atoms with Crippen molar-refractivity contribution in [2.24, 2.45) is 0 Å². The topological polar surface area (TPSA) is 20.7 Å². The van der Waals surface area contributed by atoms with Crippen LogP contribution in [0.5, 0.6) is 0 Å². The molecule has 0 unspecified atom stereocenters. The van der Waals surface area contributed by atoms with Gasteiger partial charge in [0.25, 0.3) is 0 Å². The van der Waals surface area contributed by atoms with Crippen LogP contribution in [0.15, 0.2) is 40.9 Å². The summed E-state index contributed by atoms with van der Waals surface area (Å²) in [6.07, 6.45) is 0. The first-order chi connectivity index (χ1) is 9.09. The fourth-order valence-corrected chi connectivity index (χ4v) is 3.15. The van der Waals surface area contributed by atoms with E-state index in [2.05, 4.69) is 20.9 Å². The van der Waals surface area contributed by atoms with Crippen molar-refractivity contribution in [3.63, 3.8) is 0 Å². The largest absolute Gasteiger partial charge is 0.330 e. The number of aromatic nitrogens is 2. The summed E-state index contributed by atoms with van der Waals surface area (Å²) in [4.78, 5) is 3.19. The molecule has 0 radical (unpaired) electrons. The van der Waals surface area contributed by atoms with Crippen molar-refractivity contribution < 1.29 is 0 Å². The van der Waals surface area contributed by atoms with Crippen LogP contribution in [0.1, 0.15) is 5.56 Å². The van der Waals surface area contributed by atoms with Crippen LogP contribution in [0.4, 0.5) is 0 Å². The van der Waals surface area contributed by atoms with E-state index in [0.717, 1.165) is 26.8 Å². The van der Waals surface area contributed by atoms with Crippen molar-refractivity contribution in [3.05, 3.63) is 56.2 Å². The standard InChI is InChI=1S/C14H10BrClN2S/c1-8-4-2-7-11(12(8)15)18-13-9(16)5-3-6-10(13)17-14(18)19/h2-7H,1H3,(H,17,19). The number of hydrogen-bond acceptors (Lipinski definition) is 1. The molecule has 0 aliphatic heterocycles. The van der Waals surface area contributed by atoms with Gasteiger partial charge >= 0.3 is 0 Å². The first kappa shape index (κ1) is 12.9. The second-order valence-electron chi connectivity index (χ2n) is 4.31. The summed E-state index contributed by atoms with van der Waals surface area (Å²) >= 11 is 15.4. The smallest absolute Gasteiger partial charge is 0.182 e. The Hall–Kier alpha value is -1.10. The predicted molar refractivity (Wildman–Crippen MR) is 85.9 cm³/mol. The molecule has 19 heavy (non-hydrogen) atoms. The third-order valence-corrected chi connectivity index (χ3v) is 4.69. The fourth-order valence-electron chi connectivity index (χ4n) is 2.15. The lowest BCUT2D eigenvalue weighted by molar-refractivity contribution is 1.05. The molecule has 1 heterocycles. The Bertz CT molecular complexity index is 835. The number of benzene rings is 2. The summed E-state index contributed by atoms with van der Waals surface area (Å²) in [6.45, 7) is 2.05. The maximum atomic E-state index is 6.32. The van der Waals surface area contributed by atoms with Crippen molar-refractivity contribution in [3.8, 4) is 5.69 Å². The maximum Gasteiger partial charge on any atom is 0.182 e. The molecular weight excluding hydrogens is 344 g/mol.